The zero-order valence-corrected chi connectivity index (χ0v) is 27.0. The predicted molar refractivity (Wildman–Crippen MR) is 182 cm³/mol. The zero-order valence-electron chi connectivity index (χ0n) is 26.2. The van der Waals surface area contributed by atoms with Crippen molar-refractivity contribution in [3.05, 3.63) is 131 Å². The second-order valence-corrected chi connectivity index (χ2v) is 12.4. The average Bonchev–Trinajstić information content (AvgIpc) is 3.57. The summed E-state index contributed by atoms with van der Waals surface area (Å²) >= 11 is 1.50. The molecule has 0 saturated carbocycles. The molecule has 246 valence electrons. The van der Waals surface area contributed by atoms with Gasteiger partial charge in [-0.05, 0) is 16.7 Å². The van der Waals surface area contributed by atoms with Crippen molar-refractivity contribution in [2.75, 3.05) is 5.75 Å². The number of amides is 1. The maximum atomic E-state index is 12.0. The minimum absolute atomic E-state index is 0.0325. The largest absolute Gasteiger partial charge is 0.481 e. The van der Waals surface area contributed by atoms with Gasteiger partial charge in [-0.15, -0.1) is 0 Å². The Morgan fingerprint density at radius 2 is 1.44 bits per heavy atom. The highest BCUT2D eigenvalue weighted by molar-refractivity contribution is 7.99. The maximum Gasteiger partial charge on any atom is 0.303 e. The predicted octanol–water partition coefficient (Wildman–Crippen LogP) is 7.32. The molecule has 0 aliphatic carbocycles. The second kappa shape index (κ2) is 15.9. The summed E-state index contributed by atoms with van der Waals surface area (Å²) in [6, 6.07) is 35.3. The highest BCUT2D eigenvalue weighted by Gasteiger charge is 2.33. The Labute approximate surface area is 282 Å². The Bertz CT molecular complexity index is 1740. The number of aliphatic hydroxyl groups is 1. The first-order chi connectivity index (χ1) is 23.4. The fraction of sp³-hybridized carbons (Fsp3) is 0.237. The molecule has 0 spiro atoms. The number of benzene rings is 4. The van der Waals surface area contributed by atoms with E-state index in [1.165, 1.54) is 11.8 Å². The van der Waals surface area contributed by atoms with Crippen LogP contribution in [0.3, 0.4) is 0 Å². The number of carbonyl (C=O) groups is 2. The molecule has 1 aliphatic heterocycles. The molecule has 2 heterocycles. The lowest BCUT2D eigenvalue weighted by Crippen LogP contribution is -2.31. The van der Waals surface area contributed by atoms with Gasteiger partial charge >= 0.3 is 5.97 Å². The molecule has 9 nitrogen and oxygen atoms in total. The van der Waals surface area contributed by atoms with Crippen LogP contribution in [-0.2, 0) is 32.2 Å². The molecule has 3 atom stereocenters. The van der Waals surface area contributed by atoms with Gasteiger partial charge < -0.3 is 29.4 Å². The Kier molecular flexibility index (Phi) is 11.0. The van der Waals surface area contributed by atoms with Crippen molar-refractivity contribution >= 4 is 23.6 Å². The lowest BCUT2D eigenvalue weighted by Gasteiger charge is -2.36. The summed E-state index contributed by atoms with van der Waals surface area (Å²) in [7, 11) is 0. The maximum absolute atomic E-state index is 12.0. The van der Waals surface area contributed by atoms with Crippen LogP contribution in [0.25, 0.3) is 22.6 Å². The van der Waals surface area contributed by atoms with E-state index in [1.807, 2.05) is 109 Å². The third kappa shape index (κ3) is 8.59. The van der Waals surface area contributed by atoms with Crippen molar-refractivity contribution in [1.82, 2.24) is 10.3 Å². The fourth-order valence-electron chi connectivity index (χ4n) is 5.43. The number of thioether (sulfide) groups is 1. The van der Waals surface area contributed by atoms with Crippen LogP contribution in [0.2, 0.25) is 0 Å². The van der Waals surface area contributed by atoms with Crippen LogP contribution in [0.5, 0.6) is 0 Å². The fourth-order valence-corrected chi connectivity index (χ4v) is 6.27. The van der Waals surface area contributed by atoms with Gasteiger partial charge in [-0.3, -0.25) is 9.59 Å². The molecule has 1 saturated heterocycles. The minimum Gasteiger partial charge on any atom is -0.481 e. The van der Waals surface area contributed by atoms with Gasteiger partial charge in [0.15, 0.2) is 12.1 Å². The van der Waals surface area contributed by atoms with Gasteiger partial charge in [0.25, 0.3) is 5.22 Å². The van der Waals surface area contributed by atoms with E-state index in [1.54, 1.807) is 0 Å². The Morgan fingerprint density at radius 1 is 0.792 bits per heavy atom. The lowest BCUT2D eigenvalue weighted by atomic mass is 10.0. The van der Waals surface area contributed by atoms with Crippen molar-refractivity contribution in [3.63, 3.8) is 0 Å². The standard InChI is InChI=1S/C38H36N2O7S/c41-23-26-13-15-27(16-14-26)32-21-31(45-37(46-32)30-17-11-25(12-18-30)22-39-33(42)19-20-34(43)44)24-48-38-40-35(28-7-3-1-4-8-28)36(47-38)29-9-5-2-6-10-29/h1-18,31-32,37,41H,19-24H2,(H,39,42)(H,43,44). The molecular weight excluding hydrogens is 628 g/mol. The van der Waals surface area contributed by atoms with E-state index in [4.69, 9.17) is 24.0 Å². The van der Waals surface area contributed by atoms with Crippen LogP contribution in [0.4, 0.5) is 0 Å². The normalized spacial score (nSPS) is 17.6. The highest BCUT2D eigenvalue weighted by atomic mass is 32.2. The third-order valence-corrected chi connectivity index (χ3v) is 8.97. The number of rotatable bonds is 13. The Morgan fingerprint density at radius 3 is 2.10 bits per heavy atom. The molecule has 1 aliphatic rings. The number of hydrogen-bond acceptors (Lipinski definition) is 8. The smallest absolute Gasteiger partial charge is 0.303 e. The second-order valence-electron chi connectivity index (χ2n) is 11.5. The molecule has 4 aromatic carbocycles. The summed E-state index contributed by atoms with van der Waals surface area (Å²) < 4.78 is 19.4. The molecule has 48 heavy (non-hydrogen) atoms. The first kappa shape index (κ1) is 33.2. The molecule has 0 radical (unpaired) electrons. The number of nitrogens with zero attached hydrogens (tertiary/aromatic N) is 1. The summed E-state index contributed by atoms with van der Waals surface area (Å²) in [5.74, 6) is -0.0199. The monoisotopic (exact) mass is 664 g/mol. The summed E-state index contributed by atoms with van der Waals surface area (Å²) in [4.78, 5) is 27.6. The molecule has 5 aromatic rings. The van der Waals surface area contributed by atoms with Crippen molar-refractivity contribution in [2.24, 2.45) is 0 Å². The van der Waals surface area contributed by atoms with Gasteiger partial charge in [-0.25, -0.2) is 4.98 Å². The first-order valence-electron chi connectivity index (χ1n) is 15.8. The van der Waals surface area contributed by atoms with Gasteiger partial charge in [0.2, 0.25) is 5.91 Å². The summed E-state index contributed by atoms with van der Waals surface area (Å²) in [6.45, 7) is 0.256. The average molecular weight is 665 g/mol. The summed E-state index contributed by atoms with van der Waals surface area (Å²) in [6.07, 6.45) is -0.749. The quantitative estimate of drug-likeness (QED) is 0.111. The number of oxazole rings is 1. The number of carbonyl (C=O) groups excluding carboxylic acids is 1. The van der Waals surface area contributed by atoms with Crippen LogP contribution in [-0.4, -0.2) is 38.9 Å². The third-order valence-electron chi connectivity index (χ3n) is 8.01. The zero-order chi connectivity index (χ0) is 33.3. The molecular formula is C38H36N2O7S. The van der Waals surface area contributed by atoms with Crippen LogP contribution >= 0.6 is 11.8 Å². The van der Waals surface area contributed by atoms with Gasteiger partial charge in [-0.1, -0.05) is 121 Å². The number of carboxylic acids is 1. The molecule has 1 aromatic heterocycles. The van der Waals surface area contributed by atoms with Crippen LogP contribution in [0, 0.1) is 0 Å². The van der Waals surface area contributed by atoms with Crippen LogP contribution < -0.4 is 5.32 Å². The molecule has 3 N–H and O–H groups in total. The molecule has 10 heteroatoms. The molecule has 6 rings (SSSR count). The molecule has 1 amide bonds. The van der Waals surface area contributed by atoms with E-state index in [-0.39, 0.29) is 44.1 Å². The topological polar surface area (TPSA) is 131 Å². The van der Waals surface area contributed by atoms with Crippen LogP contribution in [0.15, 0.2) is 119 Å². The number of aromatic nitrogens is 1. The summed E-state index contributed by atoms with van der Waals surface area (Å²) in [5.41, 5.74) is 6.23. The molecule has 3 unspecified atom stereocenters. The van der Waals surface area contributed by atoms with E-state index >= 15 is 0 Å². The van der Waals surface area contributed by atoms with Gasteiger partial charge in [0, 0.05) is 41.8 Å². The molecule has 1 fully saturated rings. The SMILES string of the molecule is O=C(O)CCC(=O)NCc1ccc(C2OC(CSc3nc(-c4ccccc4)c(-c4ccccc4)o3)CC(c3ccc(CO)cc3)O2)cc1. The lowest BCUT2D eigenvalue weighted by molar-refractivity contribution is -0.245. The van der Waals surface area contributed by atoms with E-state index < -0.39 is 12.3 Å². The van der Waals surface area contributed by atoms with Gasteiger partial charge in [0.05, 0.1) is 25.2 Å². The summed E-state index contributed by atoms with van der Waals surface area (Å²) in [5, 5.41) is 21.7. The molecule has 0 bridgehead atoms. The van der Waals surface area contributed by atoms with Crippen molar-refractivity contribution in [2.45, 2.75) is 56.1 Å². The number of aliphatic hydroxyl groups excluding tert-OH is 1. The van der Waals surface area contributed by atoms with Crippen LogP contribution in [0.1, 0.15) is 53.9 Å². The van der Waals surface area contributed by atoms with Gasteiger partial charge in [-0.2, -0.15) is 0 Å². The van der Waals surface area contributed by atoms with Crippen molar-refractivity contribution in [3.8, 4) is 22.6 Å². The number of aliphatic carboxylic acids is 1. The van der Waals surface area contributed by atoms with Crippen molar-refractivity contribution in [1.29, 1.82) is 0 Å². The van der Waals surface area contributed by atoms with E-state index in [0.29, 0.717) is 17.4 Å². The first-order valence-corrected chi connectivity index (χ1v) is 16.8. The number of ether oxygens (including phenoxy) is 2. The minimum atomic E-state index is -1.00. The Balaban J connectivity index is 1.18. The number of carboxylic acid groups (broad SMARTS) is 1. The highest BCUT2D eigenvalue weighted by Crippen LogP contribution is 2.41. The number of nitrogens with one attached hydrogen (secondary N) is 1. The van der Waals surface area contributed by atoms with E-state index in [2.05, 4.69) is 5.32 Å². The van der Waals surface area contributed by atoms with E-state index in [0.717, 1.165) is 44.8 Å². The number of hydrogen-bond donors (Lipinski definition) is 3. The van der Waals surface area contributed by atoms with E-state index in [9.17, 15) is 14.7 Å². The van der Waals surface area contributed by atoms with Gasteiger partial charge in [0.1, 0.15) is 5.69 Å². The van der Waals surface area contributed by atoms with Crippen molar-refractivity contribution < 1.29 is 33.7 Å². The Hall–Kier alpha value is -4.74.